The second-order valence-corrected chi connectivity index (χ2v) is 4.06. The molecule has 0 heterocycles. The Labute approximate surface area is 95.8 Å². The van der Waals surface area contributed by atoms with Gasteiger partial charge in [0, 0.05) is 16.5 Å². The predicted octanol–water partition coefficient (Wildman–Crippen LogP) is 0.835. The molecule has 1 amide bonds. The first-order valence-corrected chi connectivity index (χ1v) is 5.13. The molecule has 0 aliphatic heterocycles. The maximum Gasteiger partial charge on any atom is 0.234 e. The van der Waals surface area contributed by atoms with Crippen LogP contribution in [0, 0.1) is 0 Å². The maximum atomic E-state index is 11.6. The van der Waals surface area contributed by atoms with Gasteiger partial charge < -0.3 is 11.5 Å². The van der Waals surface area contributed by atoms with E-state index < -0.39 is 11.9 Å². The third-order valence-corrected chi connectivity index (χ3v) is 2.47. The molecule has 0 bridgehead atoms. The van der Waals surface area contributed by atoms with Gasteiger partial charge in [0.2, 0.25) is 5.91 Å². The van der Waals surface area contributed by atoms with E-state index in [4.69, 9.17) is 11.5 Å². The highest BCUT2D eigenvalue weighted by Crippen LogP contribution is 2.12. The second-order valence-electron chi connectivity index (χ2n) is 3.14. The summed E-state index contributed by atoms with van der Waals surface area (Å²) in [6.45, 7) is 0. The van der Waals surface area contributed by atoms with Crippen LogP contribution in [0.1, 0.15) is 16.8 Å². The van der Waals surface area contributed by atoms with Crippen molar-refractivity contribution in [2.45, 2.75) is 12.5 Å². The van der Waals surface area contributed by atoms with Gasteiger partial charge in [0.15, 0.2) is 5.78 Å². The molecule has 0 aromatic heterocycles. The largest absolute Gasteiger partial charge is 0.368 e. The van der Waals surface area contributed by atoms with Gasteiger partial charge in [-0.2, -0.15) is 0 Å². The van der Waals surface area contributed by atoms with E-state index in [0.717, 1.165) is 4.47 Å². The minimum absolute atomic E-state index is 0.0586. The zero-order valence-corrected chi connectivity index (χ0v) is 9.53. The van der Waals surface area contributed by atoms with Crippen LogP contribution >= 0.6 is 15.9 Å². The number of rotatable bonds is 4. The van der Waals surface area contributed by atoms with Gasteiger partial charge in [-0.1, -0.05) is 28.1 Å². The van der Waals surface area contributed by atoms with Crippen molar-refractivity contribution in [3.05, 3.63) is 34.3 Å². The third-order valence-electron chi connectivity index (χ3n) is 1.94. The normalized spacial score (nSPS) is 12.1. The van der Waals surface area contributed by atoms with E-state index in [1.54, 1.807) is 24.3 Å². The van der Waals surface area contributed by atoms with Crippen molar-refractivity contribution in [2.75, 3.05) is 0 Å². The number of hydrogen-bond donors (Lipinski definition) is 2. The molecule has 1 rings (SSSR count). The summed E-state index contributed by atoms with van der Waals surface area (Å²) in [6.07, 6.45) is -0.0586. The van der Waals surface area contributed by atoms with Crippen LogP contribution in [0.2, 0.25) is 0 Å². The zero-order valence-electron chi connectivity index (χ0n) is 7.94. The number of carbonyl (C=O) groups is 2. The number of halogens is 1. The number of benzene rings is 1. The van der Waals surface area contributed by atoms with Crippen LogP contribution in [-0.2, 0) is 4.79 Å². The van der Waals surface area contributed by atoms with Crippen LogP contribution in [0.3, 0.4) is 0 Å². The van der Waals surface area contributed by atoms with Gasteiger partial charge in [-0.3, -0.25) is 9.59 Å². The molecule has 0 saturated carbocycles. The topological polar surface area (TPSA) is 86.2 Å². The molecule has 4 N–H and O–H groups in total. The molecule has 0 fully saturated rings. The van der Waals surface area contributed by atoms with Gasteiger partial charge in [-0.05, 0) is 12.1 Å². The lowest BCUT2D eigenvalue weighted by atomic mass is 10.0. The number of amides is 1. The molecule has 5 heteroatoms. The molecule has 0 aliphatic carbocycles. The summed E-state index contributed by atoms with van der Waals surface area (Å²) < 4.78 is 0.887. The first-order chi connectivity index (χ1) is 7.00. The van der Waals surface area contributed by atoms with Crippen molar-refractivity contribution in [1.29, 1.82) is 0 Å². The van der Waals surface area contributed by atoms with E-state index in [2.05, 4.69) is 15.9 Å². The molecular weight excluding hydrogens is 260 g/mol. The summed E-state index contributed by atoms with van der Waals surface area (Å²) in [6, 6.07) is 5.92. The molecule has 1 aromatic carbocycles. The van der Waals surface area contributed by atoms with Gasteiger partial charge in [-0.15, -0.1) is 0 Å². The van der Waals surface area contributed by atoms with Crippen LogP contribution in [0.25, 0.3) is 0 Å². The van der Waals surface area contributed by atoms with Crippen LogP contribution in [0.4, 0.5) is 0 Å². The van der Waals surface area contributed by atoms with E-state index in [0.29, 0.717) is 5.56 Å². The molecule has 15 heavy (non-hydrogen) atoms. The van der Waals surface area contributed by atoms with Gasteiger partial charge >= 0.3 is 0 Å². The Morgan fingerprint density at radius 3 is 2.27 bits per heavy atom. The Balaban J connectivity index is 2.69. The van der Waals surface area contributed by atoms with Gasteiger partial charge in [0.05, 0.1) is 6.04 Å². The van der Waals surface area contributed by atoms with E-state index >= 15 is 0 Å². The van der Waals surface area contributed by atoms with Gasteiger partial charge in [-0.25, -0.2) is 0 Å². The Bertz CT molecular complexity index is 376. The lowest BCUT2D eigenvalue weighted by Gasteiger charge is -2.06. The summed E-state index contributed by atoms with van der Waals surface area (Å²) in [5.74, 6) is -0.853. The fourth-order valence-corrected chi connectivity index (χ4v) is 1.32. The summed E-state index contributed by atoms with van der Waals surface area (Å²) in [7, 11) is 0. The Hall–Kier alpha value is -1.20. The number of primary amides is 1. The first kappa shape index (κ1) is 11.9. The summed E-state index contributed by atoms with van der Waals surface area (Å²) in [5, 5.41) is 0. The molecule has 0 saturated heterocycles. The van der Waals surface area contributed by atoms with Crippen molar-refractivity contribution in [3.8, 4) is 0 Å². The molecule has 0 aliphatic rings. The highest BCUT2D eigenvalue weighted by atomic mass is 79.9. The standard InChI is InChI=1S/C10H11BrN2O2/c11-7-3-1-6(2-4-7)9(14)5-8(12)10(13)15/h1-4,8H,5,12H2,(H2,13,15). The van der Waals surface area contributed by atoms with Crippen molar-refractivity contribution in [1.82, 2.24) is 0 Å². The number of carbonyl (C=O) groups excluding carboxylic acids is 2. The van der Waals surface area contributed by atoms with Crippen LogP contribution in [0.5, 0.6) is 0 Å². The second kappa shape index (κ2) is 5.04. The highest BCUT2D eigenvalue weighted by molar-refractivity contribution is 9.10. The summed E-state index contributed by atoms with van der Waals surface area (Å²) in [5.41, 5.74) is 10.9. The first-order valence-electron chi connectivity index (χ1n) is 4.34. The average Bonchev–Trinajstić information content (AvgIpc) is 2.18. The summed E-state index contributed by atoms with van der Waals surface area (Å²) in [4.78, 5) is 22.2. The molecule has 0 radical (unpaired) electrons. The number of nitrogens with two attached hydrogens (primary N) is 2. The lowest BCUT2D eigenvalue weighted by Crippen LogP contribution is -2.38. The van der Waals surface area contributed by atoms with Crippen molar-refractivity contribution in [2.24, 2.45) is 11.5 Å². The Morgan fingerprint density at radius 2 is 1.80 bits per heavy atom. The van der Waals surface area contributed by atoms with Gasteiger partial charge in [0.25, 0.3) is 0 Å². The SMILES string of the molecule is NC(=O)C(N)CC(=O)c1ccc(Br)cc1. The van der Waals surface area contributed by atoms with Gasteiger partial charge in [0.1, 0.15) is 0 Å². The van der Waals surface area contributed by atoms with Crippen molar-refractivity contribution >= 4 is 27.6 Å². The molecule has 1 atom stereocenters. The fraction of sp³-hybridized carbons (Fsp3) is 0.200. The third kappa shape index (κ3) is 3.45. The number of Topliss-reactive ketones (excluding diaryl/α,β-unsaturated/α-hetero) is 1. The average molecular weight is 271 g/mol. The van der Waals surface area contributed by atoms with Crippen LogP contribution < -0.4 is 11.5 Å². The maximum absolute atomic E-state index is 11.6. The number of hydrogen-bond acceptors (Lipinski definition) is 3. The monoisotopic (exact) mass is 270 g/mol. The molecule has 1 aromatic rings. The minimum atomic E-state index is -0.916. The van der Waals surface area contributed by atoms with E-state index in [1.807, 2.05) is 0 Å². The van der Waals surface area contributed by atoms with Crippen molar-refractivity contribution in [3.63, 3.8) is 0 Å². The highest BCUT2D eigenvalue weighted by Gasteiger charge is 2.15. The van der Waals surface area contributed by atoms with Crippen LogP contribution in [-0.4, -0.2) is 17.7 Å². The fourth-order valence-electron chi connectivity index (χ4n) is 1.05. The van der Waals surface area contributed by atoms with E-state index in [9.17, 15) is 9.59 Å². The van der Waals surface area contributed by atoms with E-state index in [-0.39, 0.29) is 12.2 Å². The van der Waals surface area contributed by atoms with Crippen LogP contribution in [0.15, 0.2) is 28.7 Å². The van der Waals surface area contributed by atoms with E-state index in [1.165, 1.54) is 0 Å². The zero-order chi connectivity index (χ0) is 11.4. The molecule has 0 spiro atoms. The predicted molar refractivity (Wildman–Crippen MR) is 60.3 cm³/mol. The Kier molecular flexibility index (Phi) is 3.99. The molecule has 80 valence electrons. The molecule has 4 nitrogen and oxygen atoms in total. The Morgan fingerprint density at radius 1 is 1.27 bits per heavy atom. The molecule has 1 unspecified atom stereocenters. The number of ketones is 1. The quantitative estimate of drug-likeness (QED) is 0.795. The molecular formula is C10H11BrN2O2. The smallest absolute Gasteiger partial charge is 0.234 e. The lowest BCUT2D eigenvalue weighted by molar-refractivity contribution is -0.119. The van der Waals surface area contributed by atoms with Crippen molar-refractivity contribution < 1.29 is 9.59 Å². The minimum Gasteiger partial charge on any atom is -0.368 e. The summed E-state index contributed by atoms with van der Waals surface area (Å²) >= 11 is 3.26.